The molecule has 0 aliphatic carbocycles. The Labute approximate surface area is 109 Å². The van der Waals surface area contributed by atoms with Crippen LogP contribution in [0.1, 0.15) is 6.92 Å². The number of phenolic OH excluding ortho intramolecular Hbond substituents is 1. The zero-order chi connectivity index (χ0) is 13.0. The van der Waals surface area contributed by atoms with Crippen molar-refractivity contribution >= 4 is 11.8 Å². The van der Waals surface area contributed by atoms with E-state index in [0.717, 1.165) is 11.4 Å². The summed E-state index contributed by atoms with van der Waals surface area (Å²) in [5, 5.41) is 30.4. The summed E-state index contributed by atoms with van der Waals surface area (Å²) in [6.07, 6.45) is 0. The number of thioether (sulfide) groups is 1. The maximum Gasteiger partial charge on any atom is 0.214 e. The molecular weight excluding hydrogens is 252 g/mol. The molecule has 0 aliphatic heterocycles. The minimum Gasteiger partial charge on any atom is -0.508 e. The quantitative estimate of drug-likeness (QED) is 0.788. The van der Waals surface area contributed by atoms with Gasteiger partial charge in [-0.05, 0) is 40.6 Å². The van der Waals surface area contributed by atoms with Crippen LogP contribution >= 0.6 is 11.8 Å². The van der Waals surface area contributed by atoms with Crippen LogP contribution in [-0.2, 0) is 0 Å². The molecule has 2 N–H and O–H groups in total. The van der Waals surface area contributed by atoms with E-state index in [-0.39, 0.29) is 18.3 Å². The van der Waals surface area contributed by atoms with E-state index in [1.807, 2.05) is 6.92 Å². The van der Waals surface area contributed by atoms with E-state index < -0.39 is 0 Å². The number of aliphatic hydroxyl groups is 1. The third-order valence-corrected chi connectivity index (χ3v) is 3.59. The molecule has 0 spiro atoms. The van der Waals surface area contributed by atoms with E-state index in [2.05, 4.69) is 15.5 Å². The molecule has 6 nitrogen and oxygen atoms in total. The van der Waals surface area contributed by atoms with Crippen molar-refractivity contribution in [2.75, 3.05) is 12.4 Å². The Bertz CT molecular complexity index is 500. The van der Waals surface area contributed by atoms with Gasteiger partial charge >= 0.3 is 0 Å². The van der Waals surface area contributed by atoms with Gasteiger partial charge in [0.15, 0.2) is 0 Å². The molecule has 0 radical (unpaired) electrons. The highest BCUT2D eigenvalue weighted by Gasteiger charge is 2.10. The summed E-state index contributed by atoms with van der Waals surface area (Å²) >= 11 is 1.49. The number of aliphatic hydroxyl groups excluding tert-OH is 1. The van der Waals surface area contributed by atoms with Crippen molar-refractivity contribution < 1.29 is 10.2 Å². The van der Waals surface area contributed by atoms with E-state index in [1.165, 1.54) is 11.8 Å². The van der Waals surface area contributed by atoms with Gasteiger partial charge in [-0.15, -0.1) is 5.10 Å². The second kappa shape index (κ2) is 5.83. The van der Waals surface area contributed by atoms with Gasteiger partial charge in [0.2, 0.25) is 5.16 Å². The van der Waals surface area contributed by atoms with Crippen LogP contribution in [-0.4, -0.2) is 42.8 Å². The number of hydrogen-bond acceptors (Lipinski definition) is 6. The number of aromatic nitrogens is 4. The van der Waals surface area contributed by atoms with Gasteiger partial charge in [-0.3, -0.25) is 0 Å². The van der Waals surface area contributed by atoms with Crippen molar-refractivity contribution in [2.24, 2.45) is 5.92 Å². The fraction of sp³-hybridized carbons (Fsp3) is 0.364. The molecule has 1 heterocycles. The lowest BCUT2D eigenvalue weighted by atomic mass is 10.2. The SMILES string of the molecule is CC(CO)CSc1nnnn1-c1ccc(O)cc1. The first-order valence-electron chi connectivity index (χ1n) is 5.52. The molecule has 0 saturated heterocycles. The monoisotopic (exact) mass is 266 g/mol. The van der Waals surface area contributed by atoms with Gasteiger partial charge in [-0.2, -0.15) is 4.68 Å². The lowest BCUT2D eigenvalue weighted by Gasteiger charge is -2.07. The molecule has 0 fully saturated rings. The molecule has 1 aromatic heterocycles. The van der Waals surface area contributed by atoms with Crippen molar-refractivity contribution in [1.82, 2.24) is 20.2 Å². The largest absolute Gasteiger partial charge is 0.508 e. The first-order valence-corrected chi connectivity index (χ1v) is 6.50. The summed E-state index contributed by atoms with van der Waals surface area (Å²) in [6, 6.07) is 6.65. The van der Waals surface area contributed by atoms with Crippen LogP contribution in [0.2, 0.25) is 0 Å². The third-order valence-electron chi connectivity index (χ3n) is 2.34. The highest BCUT2D eigenvalue weighted by Crippen LogP contribution is 2.21. The van der Waals surface area contributed by atoms with Crippen molar-refractivity contribution in [3.05, 3.63) is 24.3 Å². The molecule has 1 atom stereocenters. The molecule has 7 heteroatoms. The van der Waals surface area contributed by atoms with Crippen LogP contribution in [0, 0.1) is 5.92 Å². The summed E-state index contributed by atoms with van der Waals surface area (Å²) < 4.78 is 1.61. The number of phenols is 1. The molecule has 1 unspecified atom stereocenters. The van der Waals surface area contributed by atoms with Crippen LogP contribution in [0.15, 0.2) is 29.4 Å². The normalized spacial score (nSPS) is 12.6. The standard InChI is InChI=1S/C11H14N4O2S/c1-8(6-16)7-18-11-12-13-14-15(11)9-2-4-10(17)5-3-9/h2-5,8,16-17H,6-7H2,1H3. The lowest BCUT2D eigenvalue weighted by molar-refractivity contribution is 0.250. The lowest BCUT2D eigenvalue weighted by Crippen LogP contribution is -2.05. The van der Waals surface area contributed by atoms with Crippen LogP contribution < -0.4 is 0 Å². The zero-order valence-electron chi connectivity index (χ0n) is 9.89. The topological polar surface area (TPSA) is 84.1 Å². The van der Waals surface area contributed by atoms with Gasteiger partial charge in [0.25, 0.3) is 0 Å². The van der Waals surface area contributed by atoms with Crippen molar-refractivity contribution in [3.63, 3.8) is 0 Å². The van der Waals surface area contributed by atoms with Crippen LogP contribution in [0.25, 0.3) is 5.69 Å². The molecule has 0 bridgehead atoms. The molecule has 2 aromatic rings. The average Bonchev–Trinajstić information content (AvgIpc) is 2.85. The number of aromatic hydroxyl groups is 1. The summed E-state index contributed by atoms with van der Waals surface area (Å²) in [6.45, 7) is 2.11. The zero-order valence-corrected chi connectivity index (χ0v) is 10.7. The van der Waals surface area contributed by atoms with Crippen LogP contribution in [0.4, 0.5) is 0 Å². The summed E-state index contributed by atoms with van der Waals surface area (Å²) in [5.41, 5.74) is 0.789. The predicted octanol–water partition coefficient (Wildman–Crippen LogP) is 1.09. The minimum atomic E-state index is 0.147. The summed E-state index contributed by atoms with van der Waals surface area (Å²) in [5.74, 6) is 1.14. The molecule has 2 rings (SSSR count). The Kier molecular flexibility index (Phi) is 4.16. The minimum absolute atomic E-state index is 0.147. The summed E-state index contributed by atoms with van der Waals surface area (Å²) in [4.78, 5) is 0. The first kappa shape index (κ1) is 12.8. The van der Waals surface area contributed by atoms with Crippen LogP contribution in [0.3, 0.4) is 0 Å². The Morgan fingerprint density at radius 1 is 1.33 bits per heavy atom. The molecule has 1 aromatic carbocycles. The molecule has 96 valence electrons. The first-order chi connectivity index (χ1) is 8.70. The molecule has 0 aliphatic rings. The molecular formula is C11H14N4O2S. The van der Waals surface area contributed by atoms with Gasteiger partial charge in [-0.25, -0.2) is 0 Å². The average molecular weight is 266 g/mol. The van der Waals surface area contributed by atoms with Gasteiger partial charge in [0, 0.05) is 12.4 Å². The third kappa shape index (κ3) is 2.99. The Morgan fingerprint density at radius 2 is 2.06 bits per heavy atom. The number of hydrogen-bond donors (Lipinski definition) is 2. The van der Waals surface area contributed by atoms with E-state index in [0.29, 0.717) is 5.16 Å². The highest BCUT2D eigenvalue weighted by molar-refractivity contribution is 7.99. The number of nitrogens with zero attached hydrogens (tertiary/aromatic N) is 4. The maximum absolute atomic E-state index is 9.24. The highest BCUT2D eigenvalue weighted by atomic mass is 32.2. The Balaban J connectivity index is 2.14. The fourth-order valence-corrected chi connectivity index (χ4v) is 2.19. The Morgan fingerprint density at radius 3 is 2.72 bits per heavy atom. The van der Waals surface area contributed by atoms with Crippen LogP contribution in [0.5, 0.6) is 5.75 Å². The smallest absolute Gasteiger partial charge is 0.214 e. The van der Waals surface area contributed by atoms with Gasteiger partial charge in [0.1, 0.15) is 5.75 Å². The van der Waals surface area contributed by atoms with Gasteiger partial charge < -0.3 is 10.2 Å². The second-order valence-electron chi connectivity index (χ2n) is 3.99. The van der Waals surface area contributed by atoms with Gasteiger partial charge in [0.05, 0.1) is 5.69 Å². The summed E-state index contributed by atoms with van der Waals surface area (Å²) in [7, 11) is 0. The van der Waals surface area contributed by atoms with Gasteiger partial charge in [-0.1, -0.05) is 18.7 Å². The number of benzene rings is 1. The van der Waals surface area contributed by atoms with Crippen molar-refractivity contribution in [1.29, 1.82) is 0 Å². The van der Waals surface area contributed by atoms with E-state index in [1.54, 1.807) is 28.9 Å². The predicted molar refractivity (Wildman–Crippen MR) is 67.8 cm³/mol. The van der Waals surface area contributed by atoms with E-state index in [4.69, 9.17) is 5.11 Å². The van der Waals surface area contributed by atoms with E-state index >= 15 is 0 Å². The van der Waals surface area contributed by atoms with Crippen molar-refractivity contribution in [3.8, 4) is 11.4 Å². The maximum atomic E-state index is 9.24. The molecule has 18 heavy (non-hydrogen) atoms. The Hall–Kier alpha value is -1.60. The fourth-order valence-electron chi connectivity index (χ4n) is 1.29. The van der Waals surface area contributed by atoms with Crippen molar-refractivity contribution in [2.45, 2.75) is 12.1 Å². The number of tetrazole rings is 1. The second-order valence-corrected chi connectivity index (χ2v) is 4.98. The molecule has 0 amide bonds. The van der Waals surface area contributed by atoms with E-state index in [9.17, 15) is 5.11 Å². The molecule has 0 saturated carbocycles. The number of rotatable bonds is 5.